The van der Waals surface area contributed by atoms with E-state index in [4.69, 9.17) is 17.3 Å². The molecule has 1 aliphatic rings. The molecule has 0 radical (unpaired) electrons. The Hall–Kier alpha value is -1.59. The average Bonchev–Trinajstić information content (AvgIpc) is 2.87. The van der Waals surface area contributed by atoms with E-state index in [0.717, 1.165) is 12.8 Å². The molecule has 2 atom stereocenters. The monoisotopic (exact) mass is 309 g/mol. The van der Waals surface area contributed by atoms with Crippen LogP contribution in [0.25, 0.3) is 0 Å². The average molecular weight is 310 g/mol. The van der Waals surface area contributed by atoms with E-state index in [-0.39, 0.29) is 23.8 Å². The molecule has 5 nitrogen and oxygen atoms in total. The highest BCUT2D eigenvalue weighted by Crippen LogP contribution is 2.27. The Kier molecular flexibility index (Phi) is 5.20. The highest BCUT2D eigenvalue weighted by Gasteiger charge is 2.28. The molecule has 4 N–H and O–H groups in total. The number of benzene rings is 1. The highest BCUT2D eigenvalue weighted by atomic mass is 35.5. The third kappa shape index (κ3) is 3.95. The van der Waals surface area contributed by atoms with Crippen LogP contribution in [0.2, 0.25) is 5.02 Å². The number of nitrogens with one attached hydrogen (secondary N) is 2. The number of anilines is 1. The Labute approximate surface area is 129 Å². The zero-order valence-electron chi connectivity index (χ0n) is 12.0. The van der Waals surface area contributed by atoms with Gasteiger partial charge >= 0.3 is 0 Å². The van der Waals surface area contributed by atoms with Crippen molar-refractivity contribution in [1.82, 2.24) is 5.32 Å². The summed E-state index contributed by atoms with van der Waals surface area (Å²) in [6.07, 6.45) is 2.34. The second-order valence-electron chi connectivity index (χ2n) is 5.31. The van der Waals surface area contributed by atoms with Gasteiger partial charge in [-0.3, -0.25) is 9.59 Å². The molecule has 2 amide bonds. The molecule has 114 valence electrons. The first-order valence-corrected chi connectivity index (χ1v) is 7.53. The summed E-state index contributed by atoms with van der Waals surface area (Å²) in [5.41, 5.74) is 6.69. The third-order valence-corrected chi connectivity index (χ3v) is 3.90. The lowest BCUT2D eigenvalue weighted by Gasteiger charge is -2.14. The van der Waals surface area contributed by atoms with Crippen molar-refractivity contribution in [2.75, 3.05) is 11.9 Å². The van der Waals surface area contributed by atoms with Crippen LogP contribution in [0.3, 0.4) is 0 Å². The summed E-state index contributed by atoms with van der Waals surface area (Å²) in [7, 11) is 0. The molecule has 6 heteroatoms. The summed E-state index contributed by atoms with van der Waals surface area (Å²) in [4.78, 5) is 24.3. The largest absolute Gasteiger partial charge is 0.352 e. The van der Waals surface area contributed by atoms with E-state index in [9.17, 15) is 9.59 Å². The molecule has 2 unspecified atom stereocenters. The van der Waals surface area contributed by atoms with E-state index < -0.39 is 0 Å². The van der Waals surface area contributed by atoms with Gasteiger partial charge in [0.1, 0.15) is 0 Å². The SMILES string of the molecule is CCNC(=O)c1cc(Cl)ccc1NC(=O)C1CCC(N)C1. The van der Waals surface area contributed by atoms with Crippen LogP contribution in [0.5, 0.6) is 0 Å². The molecule has 0 saturated heterocycles. The predicted molar refractivity (Wildman–Crippen MR) is 83.4 cm³/mol. The summed E-state index contributed by atoms with van der Waals surface area (Å²) >= 11 is 5.93. The van der Waals surface area contributed by atoms with Crippen molar-refractivity contribution >= 4 is 29.1 Å². The van der Waals surface area contributed by atoms with Gasteiger partial charge in [0.25, 0.3) is 5.91 Å². The van der Waals surface area contributed by atoms with E-state index >= 15 is 0 Å². The van der Waals surface area contributed by atoms with Crippen LogP contribution < -0.4 is 16.4 Å². The maximum atomic E-state index is 12.2. The van der Waals surface area contributed by atoms with Gasteiger partial charge < -0.3 is 16.4 Å². The number of rotatable bonds is 4. The van der Waals surface area contributed by atoms with Crippen LogP contribution in [0, 0.1) is 5.92 Å². The molecule has 0 spiro atoms. The molecule has 1 saturated carbocycles. The van der Waals surface area contributed by atoms with Crippen molar-refractivity contribution in [2.24, 2.45) is 11.7 Å². The van der Waals surface area contributed by atoms with Crippen molar-refractivity contribution in [3.8, 4) is 0 Å². The van der Waals surface area contributed by atoms with Crippen LogP contribution >= 0.6 is 11.6 Å². The molecular weight excluding hydrogens is 290 g/mol. The first-order valence-electron chi connectivity index (χ1n) is 7.15. The summed E-state index contributed by atoms with van der Waals surface area (Å²) in [5.74, 6) is -0.424. The van der Waals surface area contributed by atoms with Gasteiger partial charge in [0.2, 0.25) is 5.91 Å². The Morgan fingerprint density at radius 1 is 1.38 bits per heavy atom. The van der Waals surface area contributed by atoms with Crippen LogP contribution in [0.15, 0.2) is 18.2 Å². The number of hydrogen-bond donors (Lipinski definition) is 3. The second kappa shape index (κ2) is 6.91. The Morgan fingerprint density at radius 3 is 2.76 bits per heavy atom. The summed E-state index contributed by atoms with van der Waals surface area (Å²) < 4.78 is 0. The number of nitrogens with two attached hydrogens (primary N) is 1. The molecule has 0 bridgehead atoms. The van der Waals surface area contributed by atoms with Crippen molar-refractivity contribution in [3.05, 3.63) is 28.8 Å². The highest BCUT2D eigenvalue weighted by molar-refractivity contribution is 6.31. The van der Waals surface area contributed by atoms with Gasteiger partial charge in [0.15, 0.2) is 0 Å². The fourth-order valence-corrected chi connectivity index (χ4v) is 2.73. The summed E-state index contributed by atoms with van der Waals surface area (Å²) in [6, 6.07) is 4.96. The lowest BCUT2D eigenvalue weighted by atomic mass is 10.1. The molecule has 1 aliphatic carbocycles. The first-order chi connectivity index (χ1) is 10.0. The van der Waals surface area contributed by atoms with Crippen LogP contribution in [-0.4, -0.2) is 24.4 Å². The van der Waals surface area contributed by atoms with Gasteiger partial charge in [0, 0.05) is 23.5 Å². The number of carbonyl (C=O) groups excluding carboxylic acids is 2. The smallest absolute Gasteiger partial charge is 0.253 e. The van der Waals surface area contributed by atoms with E-state index in [2.05, 4.69) is 10.6 Å². The molecule has 0 aliphatic heterocycles. The lowest BCUT2D eigenvalue weighted by molar-refractivity contribution is -0.119. The number of halogens is 1. The Bertz CT molecular complexity index is 548. The third-order valence-electron chi connectivity index (χ3n) is 3.67. The van der Waals surface area contributed by atoms with E-state index in [1.165, 1.54) is 0 Å². The minimum Gasteiger partial charge on any atom is -0.352 e. The van der Waals surface area contributed by atoms with Gasteiger partial charge in [0.05, 0.1) is 11.3 Å². The molecule has 1 aromatic carbocycles. The minimum absolute atomic E-state index is 0.0854. The van der Waals surface area contributed by atoms with Gasteiger partial charge in [-0.1, -0.05) is 11.6 Å². The van der Waals surface area contributed by atoms with Crippen LogP contribution in [0.4, 0.5) is 5.69 Å². The van der Waals surface area contributed by atoms with Crippen LogP contribution in [-0.2, 0) is 4.79 Å². The second-order valence-corrected chi connectivity index (χ2v) is 5.75. The summed E-state index contributed by atoms with van der Waals surface area (Å²) in [5, 5.41) is 5.99. The fourth-order valence-electron chi connectivity index (χ4n) is 2.56. The predicted octanol–water partition coefficient (Wildman–Crippen LogP) is 2.16. The van der Waals surface area contributed by atoms with E-state index in [1.54, 1.807) is 18.2 Å². The van der Waals surface area contributed by atoms with Gasteiger partial charge in [-0.05, 0) is 44.4 Å². The standard InChI is InChI=1S/C15H20ClN3O2/c1-2-18-15(21)12-8-10(16)4-6-13(12)19-14(20)9-3-5-11(17)7-9/h4,6,8-9,11H,2-3,5,7,17H2,1H3,(H,18,21)(H,19,20). The molecule has 0 heterocycles. The van der Waals surface area contributed by atoms with Gasteiger partial charge in [-0.15, -0.1) is 0 Å². The summed E-state index contributed by atoms with van der Waals surface area (Å²) in [6.45, 7) is 2.34. The number of hydrogen-bond acceptors (Lipinski definition) is 3. The van der Waals surface area contributed by atoms with Gasteiger partial charge in [-0.25, -0.2) is 0 Å². The topological polar surface area (TPSA) is 84.2 Å². The van der Waals surface area contributed by atoms with Crippen molar-refractivity contribution in [1.29, 1.82) is 0 Å². The maximum absolute atomic E-state index is 12.2. The molecule has 21 heavy (non-hydrogen) atoms. The Morgan fingerprint density at radius 2 is 2.14 bits per heavy atom. The number of carbonyl (C=O) groups is 2. The van der Waals surface area contributed by atoms with Crippen LogP contribution in [0.1, 0.15) is 36.5 Å². The normalized spacial score (nSPS) is 21.1. The molecule has 1 fully saturated rings. The van der Waals surface area contributed by atoms with E-state index in [1.807, 2.05) is 6.92 Å². The lowest BCUT2D eigenvalue weighted by Crippen LogP contribution is -2.27. The van der Waals surface area contributed by atoms with Gasteiger partial charge in [-0.2, -0.15) is 0 Å². The van der Waals surface area contributed by atoms with E-state index in [0.29, 0.717) is 29.2 Å². The van der Waals surface area contributed by atoms with Crippen molar-refractivity contribution in [3.63, 3.8) is 0 Å². The van der Waals surface area contributed by atoms with Crippen molar-refractivity contribution in [2.45, 2.75) is 32.2 Å². The Balaban J connectivity index is 2.15. The fraction of sp³-hybridized carbons (Fsp3) is 0.467. The molecule has 0 aromatic heterocycles. The zero-order valence-corrected chi connectivity index (χ0v) is 12.7. The van der Waals surface area contributed by atoms with Crippen molar-refractivity contribution < 1.29 is 9.59 Å². The number of amides is 2. The maximum Gasteiger partial charge on any atom is 0.253 e. The molecular formula is C15H20ClN3O2. The zero-order chi connectivity index (χ0) is 15.4. The quantitative estimate of drug-likeness (QED) is 0.797. The minimum atomic E-state index is -0.251. The molecule has 2 rings (SSSR count). The molecule has 1 aromatic rings. The first kappa shape index (κ1) is 15.8.